The van der Waals surface area contributed by atoms with Gasteiger partial charge in [0.15, 0.2) is 0 Å². The summed E-state index contributed by atoms with van der Waals surface area (Å²) in [6.07, 6.45) is 6.73. The molecule has 27 heavy (non-hydrogen) atoms. The lowest BCUT2D eigenvalue weighted by Gasteiger charge is -2.33. The van der Waals surface area contributed by atoms with Gasteiger partial charge in [-0.15, -0.1) is 0 Å². The number of hydrogen-bond donors (Lipinski definition) is 2. The first-order valence-electron chi connectivity index (χ1n) is 10.2. The van der Waals surface area contributed by atoms with Crippen LogP contribution in [0.2, 0.25) is 0 Å². The van der Waals surface area contributed by atoms with E-state index in [1.54, 1.807) is 0 Å². The highest BCUT2D eigenvalue weighted by Gasteiger charge is 2.23. The fraction of sp³-hybridized carbons (Fsp3) is 0.619. The molecule has 1 aromatic carbocycles. The van der Waals surface area contributed by atoms with E-state index in [-0.39, 0.29) is 12.1 Å². The Bertz CT molecular complexity index is 600. The van der Waals surface area contributed by atoms with E-state index in [9.17, 15) is 9.59 Å². The second-order valence-electron chi connectivity index (χ2n) is 7.49. The molecule has 2 amide bonds. The van der Waals surface area contributed by atoms with Gasteiger partial charge in [-0.3, -0.25) is 14.5 Å². The second-order valence-corrected chi connectivity index (χ2v) is 7.49. The molecular weight excluding hydrogens is 342 g/mol. The quantitative estimate of drug-likeness (QED) is 0.612. The average Bonchev–Trinajstić information content (AvgIpc) is 2.97. The van der Waals surface area contributed by atoms with E-state index >= 15 is 0 Å². The normalized spacial score (nSPS) is 22.0. The monoisotopic (exact) mass is 373 g/mol. The van der Waals surface area contributed by atoms with Crippen LogP contribution in [0.5, 0.6) is 0 Å². The molecule has 1 saturated heterocycles. The number of morpholine rings is 1. The molecule has 1 atom stereocenters. The van der Waals surface area contributed by atoms with Crippen molar-refractivity contribution in [1.29, 1.82) is 0 Å². The van der Waals surface area contributed by atoms with Crippen molar-refractivity contribution in [3.8, 4) is 0 Å². The molecule has 0 spiro atoms. The predicted molar refractivity (Wildman–Crippen MR) is 104 cm³/mol. The largest absolute Gasteiger partial charge is 0.371 e. The number of nitrogens with one attached hydrogen (secondary N) is 2. The number of hydrogen-bond acceptors (Lipinski definition) is 4. The Balaban J connectivity index is 1.37. The first-order chi connectivity index (χ1) is 13.2. The summed E-state index contributed by atoms with van der Waals surface area (Å²) in [5, 5.41) is 5.65. The molecular formula is C21H31N3O3. The molecule has 148 valence electrons. The lowest BCUT2D eigenvalue weighted by molar-refractivity contribution is -0.139. The van der Waals surface area contributed by atoms with Crippen LogP contribution >= 0.6 is 0 Å². The number of nitrogens with zero attached hydrogens (tertiary/aromatic N) is 1. The van der Waals surface area contributed by atoms with Gasteiger partial charge in [0, 0.05) is 32.2 Å². The van der Waals surface area contributed by atoms with Crippen LogP contribution in [0.1, 0.15) is 50.2 Å². The van der Waals surface area contributed by atoms with Gasteiger partial charge >= 0.3 is 11.8 Å². The Morgan fingerprint density at radius 1 is 1.04 bits per heavy atom. The Morgan fingerprint density at radius 3 is 2.52 bits per heavy atom. The number of carbonyl (C=O) groups excluding carboxylic acids is 2. The molecule has 0 bridgehead atoms. The fourth-order valence-corrected chi connectivity index (χ4v) is 3.86. The van der Waals surface area contributed by atoms with Crippen molar-refractivity contribution in [3.63, 3.8) is 0 Å². The summed E-state index contributed by atoms with van der Waals surface area (Å²) < 4.78 is 5.86. The van der Waals surface area contributed by atoms with Crippen molar-refractivity contribution in [2.75, 3.05) is 32.8 Å². The van der Waals surface area contributed by atoms with E-state index in [1.165, 1.54) is 18.4 Å². The minimum Gasteiger partial charge on any atom is -0.371 e. The third kappa shape index (κ3) is 6.33. The van der Waals surface area contributed by atoms with Crippen molar-refractivity contribution in [2.24, 2.45) is 0 Å². The van der Waals surface area contributed by atoms with Crippen LogP contribution in [0.4, 0.5) is 0 Å². The number of rotatable bonds is 5. The van der Waals surface area contributed by atoms with Crippen molar-refractivity contribution in [1.82, 2.24) is 15.5 Å². The lowest BCUT2D eigenvalue weighted by atomic mass is 10.1. The van der Waals surface area contributed by atoms with E-state index < -0.39 is 11.8 Å². The van der Waals surface area contributed by atoms with E-state index in [1.807, 2.05) is 18.2 Å². The maximum Gasteiger partial charge on any atom is 0.309 e. The zero-order chi connectivity index (χ0) is 18.9. The molecule has 1 aromatic rings. The van der Waals surface area contributed by atoms with Gasteiger partial charge < -0.3 is 15.4 Å². The van der Waals surface area contributed by atoms with Crippen molar-refractivity contribution >= 4 is 11.8 Å². The molecule has 6 nitrogen and oxygen atoms in total. The SMILES string of the molecule is O=C(NCCN1CCO[C@H](c2ccccc2)C1)C(=O)NC1CCCCCC1. The van der Waals surface area contributed by atoms with Gasteiger partial charge in [-0.2, -0.15) is 0 Å². The zero-order valence-corrected chi connectivity index (χ0v) is 16.0. The molecule has 2 fully saturated rings. The Hall–Kier alpha value is -1.92. The molecule has 0 unspecified atom stereocenters. The van der Waals surface area contributed by atoms with E-state index in [0.717, 1.165) is 45.3 Å². The topological polar surface area (TPSA) is 70.7 Å². The standard InChI is InChI=1S/C21H31N3O3/c25-20(21(26)23-18-10-6-1-2-7-11-18)22-12-13-24-14-15-27-19(16-24)17-8-4-3-5-9-17/h3-5,8-9,18-19H,1-2,6-7,10-16H2,(H,22,25)(H,23,26)/t19-/m0/s1. The van der Waals surface area contributed by atoms with Crippen LogP contribution in [0, 0.1) is 0 Å². The van der Waals surface area contributed by atoms with Crippen LogP contribution in [-0.4, -0.2) is 55.5 Å². The molecule has 3 rings (SSSR count). The van der Waals surface area contributed by atoms with E-state index in [0.29, 0.717) is 13.2 Å². The zero-order valence-electron chi connectivity index (χ0n) is 16.0. The maximum atomic E-state index is 12.1. The first kappa shape index (κ1) is 19.8. The summed E-state index contributed by atoms with van der Waals surface area (Å²) in [5.41, 5.74) is 1.18. The third-order valence-corrected chi connectivity index (χ3v) is 5.43. The van der Waals surface area contributed by atoms with Crippen molar-refractivity contribution in [3.05, 3.63) is 35.9 Å². The molecule has 1 aliphatic heterocycles. The molecule has 1 aliphatic carbocycles. The molecule has 0 aromatic heterocycles. The summed E-state index contributed by atoms with van der Waals surface area (Å²) in [5.74, 6) is -1.02. The fourth-order valence-electron chi connectivity index (χ4n) is 3.86. The molecule has 2 aliphatic rings. The second kappa shape index (κ2) is 10.4. The Kier molecular flexibility index (Phi) is 7.66. The number of carbonyl (C=O) groups is 2. The van der Waals surface area contributed by atoms with Crippen LogP contribution in [-0.2, 0) is 14.3 Å². The summed E-state index contributed by atoms with van der Waals surface area (Å²) >= 11 is 0. The number of benzene rings is 1. The highest BCUT2D eigenvalue weighted by Crippen LogP contribution is 2.21. The van der Waals surface area contributed by atoms with Gasteiger partial charge in [0.05, 0.1) is 12.7 Å². The van der Waals surface area contributed by atoms with Gasteiger partial charge in [-0.25, -0.2) is 0 Å². The van der Waals surface area contributed by atoms with Gasteiger partial charge in [-0.1, -0.05) is 56.0 Å². The summed E-state index contributed by atoms with van der Waals surface area (Å²) in [7, 11) is 0. The minimum atomic E-state index is -0.521. The molecule has 2 N–H and O–H groups in total. The molecule has 1 saturated carbocycles. The van der Waals surface area contributed by atoms with Crippen molar-refractivity contribution < 1.29 is 14.3 Å². The van der Waals surface area contributed by atoms with Crippen LogP contribution in [0.15, 0.2) is 30.3 Å². The van der Waals surface area contributed by atoms with Crippen LogP contribution in [0.25, 0.3) is 0 Å². The third-order valence-electron chi connectivity index (χ3n) is 5.43. The van der Waals surface area contributed by atoms with Gasteiger partial charge in [0.1, 0.15) is 0 Å². The molecule has 1 heterocycles. The summed E-state index contributed by atoms with van der Waals surface area (Å²) in [6, 6.07) is 10.3. The molecule has 0 radical (unpaired) electrons. The summed E-state index contributed by atoms with van der Waals surface area (Å²) in [6.45, 7) is 3.50. The van der Waals surface area contributed by atoms with Crippen LogP contribution < -0.4 is 10.6 Å². The average molecular weight is 373 g/mol. The minimum absolute atomic E-state index is 0.0641. The van der Waals surface area contributed by atoms with Crippen LogP contribution in [0.3, 0.4) is 0 Å². The maximum absolute atomic E-state index is 12.1. The summed E-state index contributed by atoms with van der Waals surface area (Å²) in [4.78, 5) is 26.4. The molecule has 6 heteroatoms. The van der Waals surface area contributed by atoms with Gasteiger partial charge in [-0.05, 0) is 18.4 Å². The first-order valence-corrected chi connectivity index (χ1v) is 10.2. The van der Waals surface area contributed by atoms with Gasteiger partial charge in [0.25, 0.3) is 0 Å². The Morgan fingerprint density at radius 2 is 1.78 bits per heavy atom. The smallest absolute Gasteiger partial charge is 0.309 e. The highest BCUT2D eigenvalue weighted by atomic mass is 16.5. The lowest BCUT2D eigenvalue weighted by Crippen LogP contribution is -2.47. The number of amides is 2. The van der Waals surface area contributed by atoms with Gasteiger partial charge in [0.2, 0.25) is 0 Å². The predicted octanol–water partition coefficient (Wildman–Crippen LogP) is 2.02. The van der Waals surface area contributed by atoms with Crippen molar-refractivity contribution in [2.45, 2.75) is 50.7 Å². The van der Waals surface area contributed by atoms with E-state index in [2.05, 4.69) is 27.7 Å². The highest BCUT2D eigenvalue weighted by molar-refractivity contribution is 6.35. The Labute approximate surface area is 161 Å². The number of ether oxygens (including phenoxy) is 1. The van der Waals surface area contributed by atoms with E-state index in [4.69, 9.17) is 4.74 Å².